The van der Waals surface area contributed by atoms with Crippen molar-refractivity contribution in [2.45, 2.75) is 24.9 Å². The number of nitrogens with zero attached hydrogens (tertiary/aromatic N) is 1. The van der Waals surface area contributed by atoms with Crippen LogP contribution in [0.25, 0.3) is 10.9 Å². The Morgan fingerprint density at radius 1 is 1.45 bits per heavy atom. The van der Waals surface area contributed by atoms with Gasteiger partial charge in [0.1, 0.15) is 18.0 Å². The van der Waals surface area contributed by atoms with E-state index in [0.29, 0.717) is 24.9 Å². The number of carboxylic acids is 1. The zero-order valence-corrected chi connectivity index (χ0v) is 11.6. The van der Waals surface area contributed by atoms with Crippen LogP contribution >= 0.6 is 0 Å². The number of ether oxygens (including phenoxy) is 1. The van der Waals surface area contributed by atoms with E-state index in [-0.39, 0.29) is 28.9 Å². The maximum Gasteiger partial charge on any atom is 0.341 e. The third kappa shape index (κ3) is 1.62. The van der Waals surface area contributed by atoms with E-state index < -0.39 is 22.8 Å². The fraction of sp³-hybridized carbons (Fsp3) is 0.333. The molecule has 1 saturated carbocycles. The van der Waals surface area contributed by atoms with Crippen molar-refractivity contribution >= 4 is 16.9 Å². The molecule has 1 aromatic carbocycles. The highest BCUT2D eigenvalue weighted by molar-refractivity contribution is 5.95. The van der Waals surface area contributed by atoms with E-state index in [2.05, 4.69) is 0 Å². The molecule has 0 atom stereocenters. The number of aromatic carboxylic acids is 1. The second kappa shape index (κ2) is 4.07. The fourth-order valence-corrected chi connectivity index (χ4v) is 3.06. The Hall–Kier alpha value is -2.41. The molecule has 0 amide bonds. The van der Waals surface area contributed by atoms with Crippen LogP contribution in [0, 0.1) is 5.82 Å². The first kappa shape index (κ1) is 13.3. The molecule has 114 valence electrons. The summed E-state index contributed by atoms with van der Waals surface area (Å²) in [4.78, 5) is 23.5. The van der Waals surface area contributed by atoms with Gasteiger partial charge >= 0.3 is 5.97 Å². The number of hydrogen-bond donors (Lipinski definition) is 2. The van der Waals surface area contributed by atoms with Crippen molar-refractivity contribution in [3.8, 4) is 5.75 Å². The number of carboxylic acid groups (broad SMARTS) is 1. The predicted molar refractivity (Wildman–Crippen MR) is 75.7 cm³/mol. The van der Waals surface area contributed by atoms with Gasteiger partial charge in [0.25, 0.3) is 0 Å². The summed E-state index contributed by atoms with van der Waals surface area (Å²) >= 11 is 0. The largest absolute Gasteiger partial charge is 0.489 e. The Bertz CT molecular complexity index is 899. The molecule has 1 aliphatic heterocycles. The van der Waals surface area contributed by atoms with Crippen molar-refractivity contribution in [3.05, 3.63) is 39.4 Å². The van der Waals surface area contributed by atoms with Gasteiger partial charge in [-0.05, 0) is 18.9 Å². The summed E-state index contributed by atoms with van der Waals surface area (Å²) in [5, 5.41) is 9.15. The van der Waals surface area contributed by atoms with E-state index in [1.54, 1.807) is 4.57 Å². The second-order valence-corrected chi connectivity index (χ2v) is 5.83. The molecule has 0 saturated heterocycles. The van der Waals surface area contributed by atoms with Crippen molar-refractivity contribution in [1.29, 1.82) is 0 Å². The van der Waals surface area contributed by atoms with Crippen LogP contribution in [-0.4, -0.2) is 22.2 Å². The number of nitrogens with two attached hydrogens (primary N) is 1. The lowest BCUT2D eigenvalue weighted by atomic mass is 9.99. The smallest absolute Gasteiger partial charge is 0.341 e. The molecule has 4 rings (SSSR count). The van der Waals surface area contributed by atoms with Crippen LogP contribution < -0.4 is 15.9 Å². The van der Waals surface area contributed by atoms with E-state index >= 15 is 0 Å². The van der Waals surface area contributed by atoms with Gasteiger partial charge in [-0.2, -0.15) is 0 Å². The van der Waals surface area contributed by atoms with Gasteiger partial charge in [-0.3, -0.25) is 4.79 Å². The Morgan fingerprint density at radius 2 is 2.18 bits per heavy atom. The van der Waals surface area contributed by atoms with Gasteiger partial charge in [-0.15, -0.1) is 0 Å². The minimum Gasteiger partial charge on any atom is -0.489 e. The number of benzene rings is 1. The van der Waals surface area contributed by atoms with Crippen LogP contribution in [0.3, 0.4) is 0 Å². The first-order chi connectivity index (χ1) is 10.4. The summed E-state index contributed by atoms with van der Waals surface area (Å²) in [5.74, 6) is -1.67. The Balaban J connectivity index is 2.17. The van der Waals surface area contributed by atoms with Gasteiger partial charge in [0, 0.05) is 11.7 Å². The molecule has 1 aromatic heterocycles. The van der Waals surface area contributed by atoms with Crippen LogP contribution in [0.2, 0.25) is 0 Å². The van der Waals surface area contributed by atoms with E-state index in [9.17, 15) is 14.0 Å². The molecular formula is C15H13FN2O4. The van der Waals surface area contributed by atoms with Gasteiger partial charge in [0.15, 0.2) is 5.75 Å². The van der Waals surface area contributed by atoms with E-state index in [4.69, 9.17) is 15.6 Å². The third-order valence-electron chi connectivity index (χ3n) is 4.36. The molecule has 0 bridgehead atoms. The van der Waals surface area contributed by atoms with Crippen molar-refractivity contribution in [3.63, 3.8) is 0 Å². The number of rotatable bonds is 2. The Kier molecular flexibility index (Phi) is 2.45. The molecule has 2 heterocycles. The fourth-order valence-electron chi connectivity index (χ4n) is 3.06. The van der Waals surface area contributed by atoms with E-state index in [0.717, 1.165) is 6.07 Å². The summed E-state index contributed by atoms with van der Waals surface area (Å²) in [7, 11) is 0. The van der Waals surface area contributed by atoms with Gasteiger partial charge in [-0.25, -0.2) is 9.18 Å². The third-order valence-corrected chi connectivity index (χ3v) is 4.36. The molecule has 0 radical (unpaired) electrons. The number of halogens is 1. The Labute approximate surface area is 123 Å². The predicted octanol–water partition coefficient (Wildman–Crippen LogP) is 1.18. The van der Waals surface area contributed by atoms with Crippen LogP contribution in [0.5, 0.6) is 5.75 Å². The van der Waals surface area contributed by atoms with Crippen molar-refractivity contribution in [2.75, 3.05) is 6.61 Å². The summed E-state index contributed by atoms with van der Waals surface area (Å²) < 4.78 is 21.8. The zero-order valence-electron chi connectivity index (χ0n) is 11.6. The highest BCUT2D eigenvalue weighted by Gasteiger charge is 2.46. The van der Waals surface area contributed by atoms with Gasteiger partial charge in [-0.1, -0.05) is 0 Å². The van der Waals surface area contributed by atoms with Crippen LogP contribution in [0.15, 0.2) is 17.1 Å². The molecule has 1 aliphatic carbocycles. The number of hydrogen-bond acceptors (Lipinski definition) is 4. The Morgan fingerprint density at radius 3 is 2.82 bits per heavy atom. The highest BCUT2D eigenvalue weighted by atomic mass is 19.1. The maximum atomic E-state index is 14.5. The average molecular weight is 304 g/mol. The van der Waals surface area contributed by atoms with Crippen molar-refractivity contribution < 1.29 is 19.0 Å². The number of pyridine rings is 1. The molecule has 7 heteroatoms. The minimum absolute atomic E-state index is 0.0140. The molecule has 1 fully saturated rings. The summed E-state index contributed by atoms with van der Waals surface area (Å²) in [6.07, 6.45) is 2.60. The minimum atomic E-state index is -1.33. The lowest BCUT2D eigenvalue weighted by Crippen LogP contribution is -2.28. The zero-order chi connectivity index (χ0) is 15.6. The van der Waals surface area contributed by atoms with Crippen molar-refractivity contribution in [1.82, 2.24) is 4.57 Å². The van der Waals surface area contributed by atoms with Crippen LogP contribution in [-0.2, 0) is 12.1 Å². The molecule has 22 heavy (non-hydrogen) atoms. The quantitative estimate of drug-likeness (QED) is 0.868. The molecule has 2 aliphatic rings. The molecule has 2 aromatic rings. The molecule has 0 spiro atoms. The lowest BCUT2D eigenvalue weighted by Gasteiger charge is -2.25. The summed E-state index contributed by atoms with van der Waals surface area (Å²) in [6, 6.07) is 1.08. The topological polar surface area (TPSA) is 94.5 Å². The van der Waals surface area contributed by atoms with E-state index in [1.165, 1.54) is 6.20 Å². The molecular weight excluding hydrogens is 291 g/mol. The lowest BCUT2D eigenvalue weighted by molar-refractivity contribution is 0.0694. The average Bonchev–Trinajstić information content (AvgIpc) is 3.20. The maximum absolute atomic E-state index is 14.5. The van der Waals surface area contributed by atoms with Crippen LogP contribution in [0.1, 0.15) is 28.8 Å². The first-order valence-electron chi connectivity index (χ1n) is 6.97. The van der Waals surface area contributed by atoms with Crippen LogP contribution in [0.4, 0.5) is 4.39 Å². The molecule has 3 N–H and O–H groups in total. The number of carbonyl (C=O) groups is 1. The summed E-state index contributed by atoms with van der Waals surface area (Å²) in [6.45, 7) is 0.670. The second-order valence-electron chi connectivity index (χ2n) is 5.83. The highest BCUT2D eigenvalue weighted by Crippen LogP contribution is 2.50. The SMILES string of the molecule is NC1(c2c(F)cc3c(=O)c(C(=O)O)cn4c3c2OCC4)CC1. The summed E-state index contributed by atoms with van der Waals surface area (Å²) in [5.41, 5.74) is 5.00. The monoisotopic (exact) mass is 304 g/mol. The van der Waals surface area contributed by atoms with Gasteiger partial charge in [0.2, 0.25) is 5.43 Å². The molecule has 0 unspecified atom stereocenters. The standard InChI is InChI=1S/C15H13FN2O4/c16-9-5-7-11-13(10(9)15(17)1-2-15)22-4-3-18(11)6-8(12(7)19)14(20)21/h5-6H,1-4,17H2,(H,20,21). The number of aromatic nitrogens is 1. The van der Waals surface area contributed by atoms with Gasteiger partial charge < -0.3 is 20.1 Å². The van der Waals surface area contributed by atoms with Gasteiger partial charge in [0.05, 0.1) is 23.0 Å². The first-order valence-corrected chi connectivity index (χ1v) is 6.97. The van der Waals surface area contributed by atoms with Crippen molar-refractivity contribution in [2.24, 2.45) is 5.73 Å². The van der Waals surface area contributed by atoms with E-state index in [1.807, 2.05) is 0 Å². The normalized spacial score (nSPS) is 18.1. The molecule has 6 nitrogen and oxygen atoms in total.